The van der Waals surface area contributed by atoms with Gasteiger partial charge in [-0.1, -0.05) is 30.0 Å². The second-order valence-electron chi connectivity index (χ2n) is 5.21. The number of halogens is 1. The standard InChI is InChI=1S/C18H14FN5OS/c19-14-8-6-13(7-9-14)17-22-23-18(26-12-16(25)21-11-10-20)24(17)15-4-2-1-3-5-15/h1-9H,11-12H2,(H,21,25). The maximum absolute atomic E-state index is 13.2. The van der Waals surface area contributed by atoms with Crippen LogP contribution >= 0.6 is 11.8 Å². The molecule has 26 heavy (non-hydrogen) atoms. The number of carbonyl (C=O) groups is 1. The Balaban J connectivity index is 1.94. The highest BCUT2D eigenvalue weighted by atomic mass is 32.2. The quantitative estimate of drug-likeness (QED) is 0.535. The van der Waals surface area contributed by atoms with Crippen LogP contribution in [0, 0.1) is 17.1 Å². The molecular weight excluding hydrogens is 353 g/mol. The van der Waals surface area contributed by atoms with Crippen molar-refractivity contribution in [3.05, 3.63) is 60.4 Å². The van der Waals surface area contributed by atoms with Gasteiger partial charge in [0.25, 0.3) is 0 Å². The summed E-state index contributed by atoms with van der Waals surface area (Å²) >= 11 is 1.21. The summed E-state index contributed by atoms with van der Waals surface area (Å²) in [5, 5.41) is 19.9. The highest BCUT2D eigenvalue weighted by molar-refractivity contribution is 7.99. The van der Waals surface area contributed by atoms with E-state index in [0.717, 1.165) is 5.69 Å². The third kappa shape index (κ3) is 4.07. The van der Waals surface area contributed by atoms with Crippen molar-refractivity contribution in [2.45, 2.75) is 5.16 Å². The van der Waals surface area contributed by atoms with Crippen LogP contribution in [-0.2, 0) is 4.79 Å². The molecule has 0 aliphatic rings. The average Bonchev–Trinajstić information content (AvgIpc) is 3.10. The van der Waals surface area contributed by atoms with E-state index < -0.39 is 0 Å². The van der Waals surface area contributed by atoms with Crippen LogP contribution in [0.3, 0.4) is 0 Å². The number of carbonyl (C=O) groups excluding carboxylic acids is 1. The second-order valence-corrected chi connectivity index (χ2v) is 6.15. The summed E-state index contributed by atoms with van der Waals surface area (Å²) in [5.74, 6) is 0.0673. The van der Waals surface area contributed by atoms with E-state index in [1.54, 1.807) is 12.1 Å². The fraction of sp³-hybridized carbons (Fsp3) is 0.111. The van der Waals surface area contributed by atoms with Gasteiger partial charge < -0.3 is 5.32 Å². The van der Waals surface area contributed by atoms with Crippen molar-refractivity contribution in [3.8, 4) is 23.1 Å². The molecular formula is C18H14FN5OS. The molecule has 0 fully saturated rings. The van der Waals surface area contributed by atoms with Crippen molar-refractivity contribution in [2.24, 2.45) is 0 Å². The molecule has 6 nitrogen and oxygen atoms in total. The monoisotopic (exact) mass is 367 g/mol. The third-order valence-electron chi connectivity index (χ3n) is 3.45. The van der Waals surface area contributed by atoms with E-state index in [0.29, 0.717) is 16.5 Å². The predicted molar refractivity (Wildman–Crippen MR) is 96.1 cm³/mol. The number of hydrogen-bond acceptors (Lipinski definition) is 5. The molecule has 130 valence electrons. The van der Waals surface area contributed by atoms with Gasteiger partial charge in [0.05, 0.1) is 11.8 Å². The van der Waals surface area contributed by atoms with Crippen molar-refractivity contribution >= 4 is 17.7 Å². The lowest BCUT2D eigenvalue weighted by molar-refractivity contribution is -0.118. The minimum atomic E-state index is -0.330. The molecule has 1 N–H and O–H groups in total. The largest absolute Gasteiger partial charge is 0.342 e. The Labute approximate surface area is 153 Å². The number of nitriles is 1. The zero-order chi connectivity index (χ0) is 18.4. The second kappa shape index (κ2) is 8.27. The van der Waals surface area contributed by atoms with Crippen LogP contribution in [0.15, 0.2) is 59.8 Å². The number of aromatic nitrogens is 3. The Morgan fingerprint density at radius 2 is 1.88 bits per heavy atom. The molecule has 8 heteroatoms. The average molecular weight is 367 g/mol. The Morgan fingerprint density at radius 3 is 2.58 bits per heavy atom. The Kier molecular flexibility index (Phi) is 5.61. The molecule has 1 aromatic heterocycles. The zero-order valence-corrected chi connectivity index (χ0v) is 14.4. The lowest BCUT2D eigenvalue weighted by atomic mass is 10.2. The summed E-state index contributed by atoms with van der Waals surface area (Å²) in [4.78, 5) is 11.8. The fourth-order valence-corrected chi connectivity index (χ4v) is 3.06. The molecule has 0 bridgehead atoms. The van der Waals surface area contributed by atoms with E-state index in [-0.39, 0.29) is 24.0 Å². The highest BCUT2D eigenvalue weighted by Crippen LogP contribution is 2.27. The first-order valence-corrected chi connectivity index (χ1v) is 8.71. The van der Waals surface area contributed by atoms with E-state index >= 15 is 0 Å². The van der Waals surface area contributed by atoms with E-state index in [2.05, 4.69) is 15.5 Å². The van der Waals surface area contributed by atoms with Gasteiger partial charge >= 0.3 is 0 Å². The Bertz CT molecular complexity index is 934. The predicted octanol–water partition coefficient (Wildman–Crippen LogP) is 2.81. The van der Waals surface area contributed by atoms with Crippen LogP contribution < -0.4 is 5.32 Å². The highest BCUT2D eigenvalue weighted by Gasteiger charge is 2.17. The maximum atomic E-state index is 13.2. The van der Waals surface area contributed by atoms with Gasteiger partial charge in [-0.05, 0) is 36.4 Å². The van der Waals surface area contributed by atoms with E-state index in [9.17, 15) is 9.18 Å². The topological polar surface area (TPSA) is 83.6 Å². The van der Waals surface area contributed by atoms with E-state index in [1.807, 2.05) is 41.0 Å². The molecule has 2 aromatic carbocycles. The molecule has 0 aliphatic heterocycles. The maximum Gasteiger partial charge on any atom is 0.231 e. The number of nitrogens with one attached hydrogen (secondary N) is 1. The Morgan fingerprint density at radius 1 is 1.15 bits per heavy atom. The van der Waals surface area contributed by atoms with Crippen LogP contribution in [-0.4, -0.2) is 33.0 Å². The first-order valence-electron chi connectivity index (χ1n) is 7.72. The molecule has 0 saturated carbocycles. The van der Waals surface area contributed by atoms with Crippen molar-refractivity contribution in [3.63, 3.8) is 0 Å². The molecule has 1 amide bonds. The lowest BCUT2D eigenvalue weighted by Crippen LogP contribution is -2.25. The van der Waals surface area contributed by atoms with Gasteiger partial charge in [-0.15, -0.1) is 10.2 Å². The number of thioether (sulfide) groups is 1. The SMILES string of the molecule is N#CCNC(=O)CSc1nnc(-c2ccc(F)cc2)n1-c1ccccc1. The number of hydrogen-bond donors (Lipinski definition) is 1. The smallest absolute Gasteiger partial charge is 0.231 e. The van der Waals surface area contributed by atoms with Crippen molar-refractivity contribution < 1.29 is 9.18 Å². The molecule has 0 atom stereocenters. The Hall–Kier alpha value is -3.18. The van der Waals surface area contributed by atoms with Crippen LogP contribution in [0.25, 0.3) is 17.1 Å². The van der Waals surface area contributed by atoms with Crippen LogP contribution in [0.2, 0.25) is 0 Å². The van der Waals surface area contributed by atoms with Crippen molar-refractivity contribution in [2.75, 3.05) is 12.3 Å². The van der Waals surface area contributed by atoms with Crippen molar-refractivity contribution in [1.82, 2.24) is 20.1 Å². The van der Waals surface area contributed by atoms with Crippen molar-refractivity contribution in [1.29, 1.82) is 5.26 Å². The first kappa shape index (κ1) is 17.6. The summed E-state index contributed by atoms with van der Waals surface area (Å²) in [6.07, 6.45) is 0. The minimum Gasteiger partial charge on any atom is -0.342 e. The summed E-state index contributed by atoms with van der Waals surface area (Å²) in [5.41, 5.74) is 1.54. The van der Waals surface area contributed by atoms with Crippen LogP contribution in [0.1, 0.15) is 0 Å². The third-order valence-corrected chi connectivity index (χ3v) is 4.38. The molecule has 0 saturated heterocycles. The van der Waals surface area contributed by atoms with E-state index in [1.165, 1.54) is 23.9 Å². The molecule has 0 radical (unpaired) electrons. The fourth-order valence-electron chi connectivity index (χ4n) is 2.28. The molecule has 3 aromatic rings. The summed E-state index contributed by atoms with van der Waals surface area (Å²) in [7, 11) is 0. The molecule has 0 spiro atoms. The van der Waals surface area contributed by atoms with Gasteiger partial charge in [-0.3, -0.25) is 9.36 Å². The van der Waals surface area contributed by atoms with Gasteiger partial charge in [0.1, 0.15) is 12.4 Å². The zero-order valence-electron chi connectivity index (χ0n) is 13.6. The number of para-hydroxylation sites is 1. The lowest BCUT2D eigenvalue weighted by Gasteiger charge is -2.10. The first-order chi connectivity index (χ1) is 12.7. The van der Waals surface area contributed by atoms with Gasteiger partial charge in [-0.2, -0.15) is 5.26 Å². The van der Waals surface area contributed by atoms with Gasteiger partial charge in [0.15, 0.2) is 11.0 Å². The summed E-state index contributed by atoms with van der Waals surface area (Å²) < 4.78 is 15.0. The molecule has 3 rings (SSSR count). The number of amides is 1. The molecule has 0 aliphatic carbocycles. The summed E-state index contributed by atoms with van der Waals surface area (Å²) in [6.45, 7) is -0.0361. The van der Waals surface area contributed by atoms with Gasteiger partial charge in [0, 0.05) is 11.3 Å². The summed E-state index contributed by atoms with van der Waals surface area (Å²) in [6, 6.07) is 17.3. The normalized spacial score (nSPS) is 10.3. The number of rotatable bonds is 6. The van der Waals surface area contributed by atoms with Gasteiger partial charge in [-0.25, -0.2) is 4.39 Å². The van der Waals surface area contributed by atoms with Crippen LogP contribution in [0.5, 0.6) is 0 Å². The molecule has 0 unspecified atom stereocenters. The molecule has 1 heterocycles. The van der Waals surface area contributed by atoms with E-state index in [4.69, 9.17) is 5.26 Å². The van der Waals surface area contributed by atoms with Crippen LogP contribution in [0.4, 0.5) is 4.39 Å². The van der Waals surface area contributed by atoms with Gasteiger partial charge in [0.2, 0.25) is 5.91 Å². The number of nitrogens with zero attached hydrogens (tertiary/aromatic N) is 4. The number of benzene rings is 2. The minimum absolute atomic E-state index is 0.0361.